The van der Waals surface area contributed by atoms with Gasteiger partial charge in [0.1, 0.15) is 40.5 Å². The van der Waals surface area contributed by atoms with Gasteiger partial charge in [0, 0.05) is 13.1 Å². The molecule has 34 heavy (non-hydrogen) atoms. The number of halogens is 3. The third-order valence-electron chi connectivity index (χ3n) is 6.23. The average Bonchev–Trinajstić information content (AvgIpc) is 3.13. The van der Waals surface area contributed by atoms with Crippen LogP contribution >= 0.6 is 0 Å². The largest absolute Gasteiger partial charge is 0.386 e. The van der Waals surface area contributed by atoms with Crippen LogP contribution in [-0.2, 0) is 11.8 Å². The fourth-order valence-corrected chi connectivity index (χ4v) is 3.97. The van der Waals surface area contributed by atoms with Gasteiger partial charge in [-0.2, -0.15) is 5.10 Å². The van der Waals surface area contributed by atoms with Gasteiger partial charge in [0.05, 0.1) is 29.2 Å². The summed E-state index contributed by atoms with van der Waals surface area (Å²) < 4.78 is 50.2. The van der Waals surface area contributed by atoms with Gasteiger partial charge in [0.15, 0.2) is 0 Å². The molecule has 0 bridgehead atoms. The van der Waals surface area contributed by atoms with E-state index in [1.54, 1.807) is 20.9 Å². The molecule has 3 aromatic rings. The van der Waals surface area contributed by atoms with Crippen molar-refractivity contribution < 1.29 is 27.8 Å². The third-order valence-corrected chi connectivity index (χ3v) is 6.23. The lowest BCUT2D eigenvalue weighted by molar-refractivity contribution is -0.172. The van der Waals surface area contributed by atoms with Crippen LogP contribution in [0.25, 0.3) is 11.3 Å². The van der Waals surface area contributed by atoms with Gasteiger partial charge in [0.25, 0.3) is 5.91 Å². The smallest absolute Gasteiger partial charge is 0.274 e. The van der Waals surface area contributed by atoms with Crippen LogP contribution in [0.15, 0.2) is 36.5 Å². The van der Waals surface area contributed by atoms with E-state index in [0.29, 0.717) is 11.4 Å². The number of carbonyl (C=O) groups excluding carboxylic acids is 1. The van der Waals surface area contributed by atoms with Gasteiger partial charge < -0.3 is 20.9 Å². The Hall–Kier alpha value is -3.28. The van der Waals surface area contributed by atoms with Crippen LogP contribution in [0.3, 0.4) is 0 Å². The normalized spacial score (nSPS) is 24.8. The SMILES string of the molecule is CC1O[C@@H](c2c(NC(=O)c3ccc(F)c(-c4c(F)cccc4F)n3)cnn2C)C[C@@H](N)C1(C)O. The molecule has 1 amide bonds. The van der Waals surface area contributed by atoms with Gasteiger partial charge >= 0.3 is 0 Å². The summed E-state index contributed by atoms with van der Waals surface area (Å²) in [6.45, 7) is 3.30. The zero-order valence-corrected chi connectivity index (χ0v) is 18.7. The Morgan fingerprint density at radius 3 is 2.56 bits per heavy atom. The molecular weight excluding hydrogens is 451 g/mol. The maximum absolute atomic E-state index is 14.4. The lowest BCUT2D eigenvalue weighted by atomic mass is 9.84. The second kappa shape index (κ2) is 8.82. The molecule has 0 saturated carbocycles. The molecule has 3 heterocycles. The number of aromatic nitrogens is 3. The molecule has 0 radical (unpaired) electrons. The van der Waals surface area contributed by atoms with Crippen LogP contribution in [0.4, 0.5) is 18.9 Å². The Balaban J connectivity index is 1.63. The van der Waals surface area contributed by atoms with Crippen molar-refractivity contribution in [2.45, 2.75) is 44.1 Å². The Kier molecular flexibility index (Phi) is 6.19. The van der Waals surface area contributed by atoms with E-state index in [0.717, 1.165) is 30.3 Å². The fraction of sp³-hybridized carbons (Fsp3) is 0.348. The number of nitrogens with zero attached hydrogens (tertiary/aromatic N) is 3. The Morgan fingerprint density at radius 1 is 1.24 bits per heavy atom. The molecular formula is C23H24F3N5O3. The topological polar surface area (TPSA) is 115 Å². The van der Waals surface area contributed by atoms with Crippen molar-refractivity contribution in [3.8, 4) is 11.3 Å². The predicted octanol–water partition coefficient (Wildman–Crippen LogP) is 3.08. The quantitative estimate of drug-likeness (QED) is 0.534. The Morgan fingerprint density at radius 2 is 1.91 bits per heavy atom. The van der Waals surface area contributed by atoms with Gasteiger partial charge in [-0.15, -0.1) is 0 Å². The highest BCUT2D eigenvalue weighted by molar-refractivity contribution is 6.03. The first-order valence-corrected chi connectivity index (χ1v) is 10.6. The van der Waals surface area contributed by atoms with Crippen molar-refractivity contribution in [1.82, 2.24) is 14.8 Å². The number of nitrogens with one attached hydrogen (secondary N) is 1. The first-order valence-electron chi connectivity index (χ1n) is 10.6. The van der Waals surface area contributed by atoms with E-state index < -0.39 is 58.5 Å². The lowest BCUT2D eigenvalue weighted by Gasteiger charge is -2.43. The molecule has 11 heteroatoms. The summed E-state index contributed by atoms with van der Waals surface area (Å²) in [5.74, 6) is -3.73. The van der Waals surface area contributed by atoms with Crippen LogP contribution in [0.2, 0.25) is 0 Å². The number of hydrogen-bond donors (Lipinski definition) is 3. The van der Waals surface area contributed by atoms with Crippen LogP contribution in [0.1, 0.15) is 42.6 Å². The Labute approximate surface area is 193 Å². The van der Waals surface area contributed by atoms with Gasteiger partial charge in [-0.25, -0.2) is 18.2 Å². The molecule has 2 aromatic heterocycles. The fourth-order valence-electron chi connectivity index (χ4n) is 3.97. The number of nitrogens with two attached hydrogens (primary N) is 1. The summed E-state index contributed by atoms with van der Waals surface area (Å²) in [5.41, 5.74) is 4.18. The van der Waals surface area contributed by atoms with Crippen LogP contribution in [0, 0.1) is 17.5 Å². The highest BCUT2D eigenvalue weighted by atomic mass is 19.1. The number of aryl methyl sites for hydroxylation is 1. The number of ether oxygens (including phenoxy) is 1. The minimum absolute atomic E-state index is 0.258. The van der Waals surface area contributed by atoms with Crippen molar-refractivity contribution in [2.75, 3.05) is 5.32 Å². The molecule has 4 N–H and O–H groups in total. The summed E-state index contributed by atoms with van der Waals surface area (Å²) >= 11 is 0. The van der Waals surface area contributed by atoms with E-state index >= 15 is 0 Å². The number of pyridine rings is 1. The maximum Gasteiger partial charge on any atom is 0.274 e. The number of benzene rings is 1. The molecule has 4 rings (SSSR count). The van der Waals surface area contributed by atoms with E-state index in [2.05, 4.69) is 15.4 Å². The van der Waals surface area contributed by atoms with Crippen LogP contribution in [-0.4, -0.2) is 43.5 Å². The van der Waals surface area contributed by atoms with E-state index in [-0.39, 0.29) is 12.1 Å². The molecule has 1 aliphatic heterocycles. The standard InChI is InChI=1S/C23H24F3N5O3/c1-11-23(2,33)18(27)9-17(34-11)21-16(10-28-31(21)3)30-22(32)15-8-7-14(26)20(29-15)19-12(24)5-4-6-13(19)25/h4-8,10-11,17-18,33H,9,27H2,1-3H3,(H,30,32)/t11?,17-,18-,23?/m1/s1. The van der Waals surface area contributed by atoms with Gasteiger partial charge in [-0.05, 0) is 44.5 Å². The van der Waals surface area contributed by atoms with Gasteiger partial charge in [-0.1, -0.05) is 6.07 Å². The van der Waals surface area contributed by atoms with Crippen molar-refractivity contribution in [1.29, 1.82) is 0 Å². The molecule has 1 aliphatic rings. The number of carbonyl (C=O) groups is 1. The van der Waals surface area contributed by atoms with E-state index in [1.807, 2.05) is 0 Å². The number of anilines is 1. The molecule has 0 spiro atoms. The summed E-state index contributed by atoms with van der Waals surface area (Å²) in [6.07, 6.45) is 0.514. The monoisotopic (exact) mass is 475 g/mol. The number of hydrogen-bond acceptors (Lipinski definition) is 6. The van der Waals surface area contributed by atoms with Crippen molar-refractivity contribution in [3.63, 3.8) is 0 Å². The summed E-state index contributed by atoms with van der Waals surface area (Å²) in [7, 11) is 1.66. The summed E-state index contributed by atoms with van der Waals surface area (Å²) in [5, 5.41) is 17.3. The number of rotatable bonds is 4. The second-order valence-corrected chi connectivity index (χ2v) is 8.48. The molecule has 4 atom stereocenters. The average molecular weight is 475 g/mol. The van der Waals surface area contributed by atoms with Crippen molar-refractivity contribution >= 4 is 11.6 Å². The van der Waals surface area contributed by atoms with Gasteiger partial charge in [-0.3, -0.25) is 9.48 Å². The highest BCUT2D eigenvalue weighted by Crippen LogP contribution is 2.38. The first kappa shape index (κ1) is 23.9. The van der Waals surface area contributed by atoms with Crippen LogP contribution in [0.5, 0.6) is 0 Å². The molecule has 180 valence electrons. The van der Waals surface area contributed by atoms with Crippen molar-refractivity contribution in [2.24, 2.45) is 12.8 Å². The zero-order valence-electron chi connectivity index (χ0n) is 18.7. The molecule has 2 unspecified atom stereocenters. The zero-order chi connectivity index (χ0) is 24.8. The first-order chi connectivity index (χ1) is 16.0. The molecule has 1 saturated heterocycles. The summed E-state index contributed by atoms with van der Waals surface area (Å²) in [4.78, 5) is 16.8. The lowest BCUT2D eigenvalue weighted by Crippen LogP contribution is -2.58. The summed E-state index contributed by atoms with van der Waals surface area (Å²) in [6, 6.07) is 4.53. The van der Waals surface area contributed by atoms with Crippen molar-refractivity contribution in [3.05, 3.63) is 65.4 Å². The Bertz CT molecular complexity index is 1210. The van der Waals surface area contributed by atoms with Crippen LogP contribution < -0.4 is 11.1 Å². The number of amides is 1. The minimum Gasteiger partial charge on any atom is -0.386 e. The van der Waals surface area contributed by atoms with E-state index in [1.165, 1.54) is 10.9 Å². The molecule has 8 nitrogen and oxygen atoms in total. The van der Waals surface area contributed by atoms with E-state index in [4.69, 9.17) is 10.5 Å². The molecule has 1 aromatic carbocycles. The highest BCUT2D eigenvalue weighted by Gasteiger charge is 2.44. The molecule has 1 fully saturated rings. The number of aliphatic hydroxyl groups is 1. The minimum atomic E-state index is -1.23. The maximum atomic E-state index is 14.4. The second-order valence-electron chi connectivity index (χ2n) is 8.48. The van der Waals surface area contributed by atoms with E-state index in [9.17, 15) is 23.1 Å². The predicted molar refractivity (Wildman–Crippen MR) is 117 cm³/mol. The molecule has 0 aliphatic carbocycles. The third kappa shape index (κ3) is 4.17. The van der Waals surface area contributed by atoms with Gasteiger partial charge in [0.2, 0.25) is 0 Å².